The number of hydrogen-bond acceptors (Lipinski definition) is 3. The maximum atomic E-state index is 11.0. The second-order valence-electron chi connectivity index (χ2n) is 4.14. The van der Waals surface area contributed by atoms with Crippen LogP contribution < -0.4 is 4.90 Å². The minimum Gasteiger partial charge on any atom is -0.469 e. The summed E-state index contributed by atoms with van der Waals surface area (Å²) in [5, 5.41) is 0. The number of methoxy groups -OCH3 is 1. The average Bonchev–Trinajstić information content (AvgIpc) is 2.47. The SMILES string of the molecule is COC(=O)CC=Cc1ccc(N(CCCl)CCCl)cc1. The van der Waals surface area contributed by atoms with Crippen molar-refractivity contribution in [2.24, 2.45) is 0 Å². The molecule has 0 aliphatic carbocycles. The van der Waals surface area contributed by atoms with E-state index in [0.29, 0.717) is 11.8 Å². The van der Waals surface area contributed by atoms with E-state index in [2.05, 4.69) is 9.64 Å². The summed E-state index contributed by atoms with van der Waals surface area (Å²) in [6.07, 6.45) is 3.97. The predicted molar refractivity (Wildman–Crippen MR) is 85.8 cm³/mol. The van der Waals surface area contributed by atoms with Crippen LogP contribution in [0.2, 0.25) is 0 Å². The number of ether oxygens (including phenoxy) is 1. The van der Waals surface area contributed by atoms with Crippen molar-refractivity contribution < 1.29 is 9.53 Å². The maximum Gasteiger partial charge on any atom is 0.309 e. The molecule has 0 heterocycles. The van der Waals surface area contributed by atoms with Crippen molar-refractivity contribution in [3.63, 3.8) is 0 Å². The highest BCUT2D eigenvalue weighted by molar-refractivity contribution is 6.18. The first-order valence-corrected chi connectivity index (χ1v) is 7.48. The summed E-state index contributed by atoms with van der Waals surface area (Å²) in [6.45, 7) is 1.54. The molecule has 0 bridgehead atoms. The summed E-state index contributed by atoms with van der Waals surface area (Å²) in [7, 11) is 1.38. The highest BCUT2D eigenvalue weighted by atomic mass is 35.5. The molecule has 0 radical (unpaired) electrons. The average molecular weight is 316 g/mol. The van der Waals surface area contributed by atoms with Crippen molar-refractivity contribution in [1.82, 2.24) is 0 Å². The molecule has 0 aromatic heterocycles. The molecule has 0 spiro atoms. The number of carbonyl (C=O) groups is 1. The van der Waals surface area contributed by atoms with Gasteiger partial charge < -0.3 is 9.64 Å². The second-order valence-corrected chi connectivity index (χ2v) is 4.90. The number of esters is 1. The van der Waals surface area contributed by atoms with Crippen LogP contribution in [0.15, 0.2) is 30.3 Å². The molecule has 1 rings (SSSR count). The van der Waals surface area contributed by atoms with Gasteiger partial charge in [0.15, 0.2) is 0 Å². The summed E-state index contributed by atoms with van der Waals surface area (Å²) in [4.78, 5) is 13.1. The van der Waals surface area contributed by atoms with Gasteiger partial charge in [-0.05, 0) is 17.7 Å². The Morgan fingerprint density at radius 3 is 2.30 bits per heavy atom. The number of anilines is 1. The maximum absolute atomic E-state index is 11.0. The fraction of sp³-hybridized carbons (Fsp3) is 0.400. The standard InChI is InChI=1S/C15H19Cl2NO2/c1-20-15(19)4-2-3-13-5-7-14(8-6-13)18(11-9-16)12-10-17/h2-3,5-8H,4,9-12H2,1H3. The lowest BCUT2D eigenvalue weighted by atomic mass is 10.1. The topological polar surface area (TPSA) is 29.5 Å². The van der Waals surface area contributed by atoms with Crippen LogP contribution in [-0.2, 0) is 9.53 Å². The lowest BCUT2D eigenvalue weighted by Gasteiger charge is -2.22. The molecule has 3 nitrogen and oxygen atoms in total. The summed E-state index contributed by atoms with van der Waals surface area (Å²) in [5.41, 5.74) is 2.13. The van der Waals surface area contributed by atoms with Gasteiger partial charge in [-0.1, -0.05) is 24.3 Å². The minimum absolute atomic E-state index is 0.242. The van der Waals surface area contributed by atoms with Crippen molar-refractivity contribution in [1.29, 1.82) is 0 Å². The van der Waals surface area contributed by atoms with E-state index in [1.54, 1.807) is 6.08 Å². The zero-order valence-electron chi connectivity index (χ0n) is 11.5. The Hall–Kier alpha value is -1.19. The molecule has 1 aromatic rings. The van der Waals surface area contributed by atoms with Crippen molar-refractivity contribution in [3.8, 4) is 0 Å². The number of rotatable bonds is 8. The smallest absolute Gasteiger partial charge is 0.309 e. The van der Waals surface area contributed by atoms with Crippen molar-refractivity contribution in [2.45, 2.75) is 6.42 Å². The van der Waals surface area contributed by atoms with E-state index < -0.39 is 0 Å². The van der Waals surface area contributed by atoms with E-state index in [-0.39, 0.29) is 12.4 Å². The zero-order chi connectivity index (χ0) is 14.8. The van der Waals surface area contributed by atoms with Crippen LogP contribution in [0.3, 0.4) is 0 Å². The molecule has 0 atom stereocenters. The Bertz CT molecular complexity index is 426. The molecular weight excluding hydrogens is 297 g/mol. The Kier molecular flexibility index (Phi) is 8.16. The summed E-state index contributed by atoms with van der Waals surface area (Å²) in [5.74, 6) is 0.892. The third-order valence-electron chi connectivity index (χ3n) is 2.79. The van der Waals surface area contributed by atoms with E-state index in [4.69, 9.17) is 23.2 Å². The summed E-state index contributed by atoms with van der Waals surface area (Å²) in [6, 6.07) is 8.05. The van der Waals surface area contributed by atoms with E-state index in [1.165, 1.54) is 7.11 Å². The van der Waals surface area contributed by atoms with Crippen molar-refractivity contribution >= 4 is 40.9 Å². The molecule has 0 amide bonds. The summed E-state index contributed by atoms with van der Waals surface area (Å²) >= 11 is 11.6. The number of halogens is 2. The number of nitrogens with zero attached hydrogens (tertiary/aromatic N) is 1. The fourth-order valence-electron chi connectivity index (χ4n) is 1.74. The lowest BCUT2D eigenvalue weighted by molar-refractivity contribution is -0.139. The molecular formula is C15H19Cl2NO2. The van der Waals surface area contributed by atoms with Gasteiger partial charge in [-0.3, -0.25) is 4.79 Å². The first-order valence-electron chi connectivity index (χ1n) is 6.41. The van der Waals surface area contributed by atoms with Crippen LogP contribution in [0.25, 0.3) is 6.08 Å². The molecule has 1 aromatic carbocycles. The van der Waals surface area contributed by atoms with Gasteiger partial charge in [0.25, 0.3) is 0 Å². The Morgan fingerprint density at radius 2 is 1.80 bits per heavy atom. The first-order chi connectivity index (χ1) is 9.71. The number of hydrogen-bond donors (Lipinski definition) is 0. The molecule has 0 aliphatic heterocycles. The predicted octanol–water partition coefficient (Wildman–Crippen LogP) is 3.55. The van der Waals surface area contributed by atoms with Gasteiger partial charge in [-0.15, -0.1) is 23.2 Å². The number of alkyl halides is 2. The molecule has 0 aliphatic rings. The third-order valence-corrected chi connectivity index (χ3v) is 3.13. The van der Waals surface area contributed by atoms with Gasteiger partial charge in [0.1, 0.15) is 0 Å². The van der Waals surface area contributed by atoms with E-state index in [9.17, 15) is 4.79 Å². The van der Waals surface area contributed by atoms with Gasteiger partial charge in [-0.2, -0.15) is 0 Å². The van der Waals surface area contributed by atoms with Gasteiger partial charge in [0.2, 0.25) is 0 Å². The normalized spacial score (nSPS) is 10.8. The molecule has 20 heavy (non-hydrogen) atoms. The van der Waals surface area contributed by atoms with Crippen LogP contribution in [-0.4, -0.2) is 37.9 Å². The van der Waals surface area contributed by atoms with E-state index in [0.717, 1.165) is 24.3 Å². The van der Waals surface area contributed by atoms with E-state index >= 15 is 0 Å². The Morgan fingerprint density at radius 1 is 1.20 bits per heavy atom. The van der Waals surface area contributed by atoms with Crippen LogP contribution in [0.5, 0.6) is 0 Å². The van der Waals surface area contributed by atoms with Gasteiger partial charge >= 0.3 is 5.97 Å². The van der Waals surface area contributed by atoms with Gasteiger partial charge in [0, 0.05) is 30.5 Å². The van der Waals surface area contributed by atoms with Crippen LogP contribution in [0, 0.1) is 0 Å². The van der Waals surface area contributed by atoms with Gasteiger partial charge in [0.05, 0.1) is 13.5 Å². The Balaban J connectivity index is 2.64. The molecule has 0 N–H and O–H groups in total. The number of benzene rings is 1. The molecule has 110 valence electrons. The fourth-order valence-corrected chi connectivity index (χ4v) is 2.15. The largest absolute Gasteiger partial charge is 0.469 e. The molecule has 0 fully saturated rings. The molecule has 0 saturated heterocycles. The lowest BCUT2D eigenvalue weighted by Crippen LogP contribution is -2.27. The zero-order valence-corrected chi connectivity index (χ0v) is 13.0. The van der Waals surface area contributed by atoms with Crippen molar-refractivity contribution in [2.75, 3.05) is 36.9 Å². The van der Waals surface area contributed by atoms with Crippen LogP contribution in [0.4, 0.5) is 5.69 Å². The third kappa shape index (κ3) is 5.85. The highest BCUT2D eigenvalue weighted by Gasteiger charge is 2.04. The minimum atomic E-state index is -0.242. The molecule has 0 saturated carbocycles. The molecule has 5 heteroatoms. The summed E-state index contributed by atoms with van der Waals surface area (Å²) < 4.78 is 4.57. The van der Waals surface area contributed by atoms with Crippen molar-refractivity contribution in [3.05, 3.63) is 35.9 Å². The van der Waals surface area contributed by atoms with E-state index in [1.807, 2.05) is 30.3 Å². The van der Waals surface area contributed by atoms with Crippen LogP contribution in [0.1, 0.15) is 12.0 Å². The molecule has 0 unspecified atom stereocenters. The quantitative estimate of drug-likeness (QED) is 0.543. The monoisotopic (exact) mass is 315 g/mol. The highest BCUT2D eigenvalue weighted by Crippen LogP contribution is 2.16. The van der Waals surface area contributed by atoms with Gasteiger partial charge in [-0.25, -0.2) is 0 Å². The van der Waals surface area contributed by atoms with Crippen LogP contribution >= 0.6 is 23.2 Å². The second kappa shape index (κ2) is 9.67. The Labute approximate surface area is 130 Å². The first kappa shape index (κ1) is 16.9. The number of carbonyl (C=O) groups excluding carboxylic acids is 1.